The highest BCUT2D eigenvalue weighted by Crippen LogP contribution is 2.16. The van der Waals surface area contributed by atoms with Crippen LogP contribution in [0.2, 0.25) is 5.02 Å². The van der Waals surface area contributed by atoms with Gasteiger partial charge in [0.25, 0.3) is 5.56 Å². The Morgan fingerprint density at radius 2 is 1.82 bits per heavy atom. The van der Waals surface area contributed by atoms with Crippen molar-refractivity contribution in [1.29, 1.82) is 5.41 Å². The summed E-state index contributed by atoms with van der Waals surface area (Å²) in [4.78, 5) is 23.7. The van der Waals surface area contributed by atoms with Gasteiger partial charge in [0.05, 0.1) is 5.71 Å². The molecule has 1 aromatic carbocycles. The van der Waals surface area contributed by atoms with Crippen molar-refractivity contribution in [2.45, 2.75) is 0 Å². The van der Waals surface area contributed by atoms with Crippen LogP contribution in [0.1, 0.15) is 5.56 Å². The van der Waals surface area contributed by atoms with Gasteiger partial charge >= 0.3 is 5.69 Å². The Kier molecular flexibility index (Phi) is 4.37. The predicted octanol–water partition coefficient (Wildman–Crippen LogP) is 0.890. The average molecular weight is 324 g/mol. The lowest BCUT2D eigenvalue weighted by Gasteiger charge is -2.12. The van der Waals surface area contributed by atoms with E-state index in [0.717, 1.165) is 9.13 Å². The van der Waals surface area contributed by atoms with Crippen molar-refractivity contribution in [3.63, 3.8) is 0 Å². The molecule has 7 nitrogen and oxygen atoms in total. The molecule has 1 heterocycles. The summed E-state index contributed by atoms with van der Waals surface area (Å²) in [6.07, 6.45) is 0. The summed E-state index contributed by atoms with van der Waals surface area (Å²) in [7, 11) is 2.59. The molecule has 0 radical (unpaired) electrons. The minimum atomic E-state index is -0.745. The predicted molar refractivity (Wildman–Crippen MR) is 82.4 cm³/mol. The van der Waals surface area contributed by atoms with Crippen LogP contribution in [-0.4, -0.2) is 26.6 Å². The standard InChI is InChI=1S/C14H14ClN3O4/c1-17-12(19)11(13(20)18(2)14(17)21)10(16)7-22-9-5-3-8(15)4-6-9/h3-6,16,19H,7H2,1-2H3. The van der Waals surface area contributed by atoms with Crippen LogP contribution in [-0.2, 0) is 14.1 Å². The Hall–Kier alpha value is -2.54. The van der Waals surface area contributed by atoms with Gasteiger partial charge in [0.1, 0.15) is 17.9 Å². The van der Waals surface area contributed by atoms with Gasteiger partial charge in [-0.25, -0.2) is 4.79 Å². The van der Waals surface area contributed by atoms with E-state index in [1.807, 2.05) is 0 Å². The molecule has 1 aromatic heterocycles. The molecule has 116 valence electrons. The average Bonchev–Trinajstić information content (AvgIpc) is 2.50. The number of rotatable bonds is 4. The minimum Gasteiger partial charge on any atom is -0.494 e. The van der Waals surface area contributed by atoms with E-state index in [1.54, 1.807) is 24.3 Å². The number of aromatic nitrogens is 2. The third-order valence-electron chi connectivity index (χ3n) is 3.13. The lowest BCUT2D eigenvalue weighted by atomic mass is 10.2. The molecule has 2 aromatic rings. The Balaban J connectivity index is 2.29. The third kappa shape index (κ3) is 2.89. The van der Waals surface area contributed by atoms with Crippen LogP contribution in [0, 0.1) is 5.41 Å². The van der Waals surface area contributed by atoms with Gasteiger partial charge in [0.15, 0.2) is 0 Å². The van der Waals surface area contributed by atoms with Crippen molar-refractivity contribution in [3.8, 4) is 11.6 Å². The maximum Gasteiger partial charge on any atom is 0.333 e. The fourth-order valence-corrected chi connectivity index (χ4v) is 1.98. The van der Waals surface area contributed by atoms with Crippen molar-refractivity contribution in [1.82, 2.24) is 9.13 Å². The molecular formula is C14H14ClN3O4. The molecule has 0 aliphatic rings. The Bertz CT molecular complexity index is 837. The molecule has 0 amide bonds. The van der Waals surface area contributed by atoms with E-state index in [9.17, 15) is 14.7 Å². The van der Waals surface area contributed by atoms with Crippen molar-refractivity contribution in [2.24, 2.45) is 14.1 Å². The molecule has 0 saturated carbocycles. The summed E-state index contributed by atoms with van der Waals surface area (Å²) in [5.41, 5.74) is -1.91. The number of nitrogens with zero attached hydrogens (tertiary/aromatic N) is 2. The first kappa shape index (κ1) is 15.8. The van der Waals surface area contributed by atoms with Gasteiger partial charge in [-0.1, -0.05) is 11.6 Å². The molecule has 0 unspecified atom stereocenters. The van der Waals surface area contributed by atoms with Crippen LogP contribution in [0.3, 0.4) is 0 Å². The molecule has 0 aliphatic carbocycles. The van der Waals surface area contributed by atoms with E-state index < -0.39 is 17.1 Å². The normalized spacial score (nSPS) is 10.5. The molecule has 0 bridgehead atoms. The summed E-state index contributed by atoms with van der Waals surface area (Å²) in [5, 5.41) is 18.4. The van der Waals surface area contributed by atoms with E-state index in [0.29, 0.717) is 10.8 Å². The summed E-state index contributed by atoms with van der Waals surface area (Å²) in [6, 6.07) is 6.50. The zero-order valence-corrected chi connectivity index (χ0v) is 12.7. The largest absolute Gasteiger partial charge is 0.494 e. The molecular weight excluding hydrogens is 310 g/mol. The van der Waals surface area contributed by atoms with Crippen LogP contribution in [0.15, 0.2) is 33.9 Å². The van der Waals surface area contributed by atoms with Gasteiger partial charge in [0, 0.05) is 19.1 Å². The fraction of sp³-hybridized carbons (Fsp3) is 0.214. The van der Waals surface area contributed by atoms with Crippen LogP contribution < -0.4 is 16.0 Å². The van der Waals surface area contributed by atoms with E-state index >= 15 is 0 Å². The Morgan fingerprint density at radius 1 is 1.23 bits per heavy atom. The third-order valence-corrected chi connectivity index (χ3v) is 3.38. The zero-order chi connectivity index (χ0) is 16.4. The number of hydrogen-bond donors (Lipinski definition) is 2. The molecule has 0 atom stereocenters. The fourth-order valence-electron chi connectivity index (χ4n) is 1.86. The molecule has 0 aliphatic heterocycles. The molecule has 0 spiro atoms. The summed E-state index contributed by atoms with van der Waals surface area (Å²) >= 11 is 5.75. The molecule has 0 saturated heterocycles. The SMILES string of the molecule is Cn1c(O)c(C(=N)COc2ccc(Cl)cc2)c(=O)n(C)c1=O. The summed E-state index contributed by atoms with van der Waals surface area (Å²) in [6.45, 7) is -0.233. The first-order chi connectivity index (χ1) is 10.3. The Labute approximate surface area is 130 Å². The molecule has 8 heteroatoms. The van der Waals surface area contributed by atoms with Crippen LogP contribution in [0.5, 0.6) is 11.6 Å². The second kappa shape index (κ2) is 6.07. The summed E-state index contributed by atoms with van der Waals surface area (Å²) in [5.74, 6) is -0.0897. The van der Waals surface area contributed by atoms with Crippen molar-refractivity contribution in [3.05, 3.63) is 55.7 Å². The number of aromatic hydroxyl groups is 1. The number of halogens is 1. The van der Waals surface area contributed by atoms with Gasteiger partial charge < -0.3 is 15.3 Å². The summed E-state index contributed by atoms with van der Waals surface area (Å²) < 4.78 is 7.09. The van der Waals surface area contributed by atoms with E-state index in [1.165, 1.54) is 14.1 Å². The molecule has 2 N–H and O–H groups in total. The van der Waals surface area contributed by atoms with Gasteiger partial charge in [-0.05, 0) is 24.3 Å². The van der Waals surface area contributed by atoms with Crippen LogP contribution in [0.25, 0.3) is 0 Å². The molecule has 2 rings (SSSR count). The first-order valence-corrected chi connectivity index (χ1v) is 6.66. The zero-order valence-electron chi connectivity index (χ0n) is 12.0. The number of ether oxygens (including phenoxy) is 1. The molecule has 22 heavy (non-hydrogen) atoms. The smallest absolute Gasteiger partial charge is 0.333 e. The number of nitrogens with one attached hydrogen (secondary N) is 1. The van der Waals surface area contributed by atoms with Crippen LogP contribution >= 0.6 is 11.6 Å². The highest BCUT2D eigenvalue weighted by atomic mass is 35.5. The van der Waals surface area contributed by atoms with E-state index in [4.69, 9.17) is 21.7 Å². The van der Waals surface area contributed by atoms with Gasteiger partial charge in [0.2, 0.25) is 5.88 Å². The minimum absolute atomic E-state index is 0.233. The highest BCUT2D eigenvalue weighted by molar-refractivity contribution is 6.30. The quantitative estimate of drug-likeness (QED) is 0.816. The van der Waals surface area contributed by atoms with Gasteiger partial charge in [-0.15, -0.1) is 0 Å². The lowest BCUT2D eigenvalue weighted by Crippen LogP contribution is -2.40. The number of benzene rings is 1. The van der Waals surface area contributed by atoms with Gasteiger partial charge in [-0.2, -0.15) is 0 Å². The van der Waals surface area contributed by atoms with E-state index in [2.05, 4.69) is 0 Å². The molecule has 0 fully saturated rings. The Morgan fingerprint density at radius 3 is 2.41 bits per heavy atom. The second-order valence-corrected chi connectivity index (χ2v) is 5.06. The van der Waals surface area contributed by atoms with Gasteiger partial charge in [-0.3, -0.25) is 13.9 Å². The van der Waals surface area contributed by atoms with E-state index in [-0.39, 0.29) is 17.9 Å². The second-order valence-electron chi connectivity index (χ2n) is 4.63. The van der Waals surface area contributed by atoms with Crippen molar-refractivity contribution in [2.75, 3.05) is 6.61 Å². The maximum absolute atomic E-state index is 12.0. The van der Waals surface area contributed by atoms with Crippen molar-refractivity contribution >= 4 is 17.3 Å². The maximum atomic E-state index is 12.0. The van der Waals surface area contributed by atoms with Crippen molar-refractivity contribution < 1.29 is 9.84 Å². The monoisotopic (exact) mass is 323 g/mol. The number of hydrogen-bond acceptors (Lipinski definition) is 5. The highest BCUT2D eigenvalue weighted by Gasteiger charge is 2.19. The first-order valence-electron chi connectivity index (χ1n) is 6.28. The lowest BCUT2D eigenvalue weighted by molar-refractivity contribution is 0.373. The topological polar surface area (TPSA) is 97.3 Å². The van der Waals surface area contributed by atoms with Crippen LogP contribution in [0.4, 0.5) is 0 Å².